The molecule has 3 rings (SSSR count). The lowest BCUT2D eigenvalue weighted by Crippen LogP contribution is -2.31. The average Bonchev–Trinajstić information content (AvgIpc) is 2.94. The maximum atomic E-state index is 13.0. The number of rotatable bonds is 4. The zero-order valence-corrected chi connectivity index (χ0v) is 13.6. The van der Waals surface area contributed by atoms with Gasteiger partial charge in [-0.15, -0.1) is 0 Å². The number of carbonyl (C=O) groups is 2. The number of nitrogens with zero attached hydrogens (tertiary/aromatic N) is 1. The molecule has 4 nitrogen and oxygen atoms in total. The number of amides is 2. The lowest BCUT2D eigenvalue weighted by Gasteiger charge is -2.17. The van der Waals surface area contributed by atoms with Gasteiger partial charge in [-0.1, -0.05) is 17.7 Å². The molecular weight excluding hydrogens is 331 g/mol. The van der Waals surface area contributed by atoms with Crippen LogP contribution in [0.15, 0.2) is 48.5 Å². The number of hydrogen-bond donors (Lipinski definition) is 1. The van der Waals surface area contributed by atoms with Crippen LogP contribution in [0.25, 0.3) is 0 Å². The first kappa shape index (κ1) is 16.5. The minimum Gasteiger partial charge on any atom is -0.352 e. The summed E-state index contributed by atoms with van der Waals surface area (Å²) >= 11 is 5.88. The molecule has 0 aliphatic carbocycles. The van der Waals surface area contributed by atoms with Crippen molar-refractivity contribution in [2.75, 3.05) is 18.0 Å². The molecule has 1 N–H and O–H groups in total. The highest BCUT2D eigenvalue weighted by atomic mass is 35.5. The maximum Gasteiger partial charge on any atom is 0.251 e. The molecule has 124 valence electrons. The van der Waals surface area contributed by atoms with Gasteiger partial charge in [-0.25, -0.2) is 4.39 Å². The van der Waals surface area contributed by atoms with Gasteiger partial charge in [0, 0.05) is 41.7 Å². The summed E-state index contributed by atoms with van der Waals surface area (Å²) in [5, 5.41) is 3.33. The molecule has 0 radical (unpaired) electrons. The van der Waals surface area contributed by atoms with Crippen LogP contribution in [0.1, 0.15) is 16.8 Å². The van der Waals surface area contributed by atoms with E-state index in [9.17, 15) is 14.0 Å². The fourth-order valence-electron chi connectivity index (χ4n) is 2.76. The summed E-state index contributed by atoms with van der Waals surface area (Å²) in [5.41, 5.74) is 1.16. The molecule has 1 aliphatic heterocycles. The third-order valence-electron chi connectivity index (χ3n) is 3.98. The molecule has 6 heteroatoms. The van der Waals surface area contributed by atoms with Gasteiger partial charge in [-0.2, -0.15) is 0 Å². The topological polar surface area (TPSA) is 49.4 Å². The second kappa shape index (κ2) is 7.01. The Morgan fingerprint density at radius 3 is 2.71 bits per heavy atom. The molecule has 1 fully saturated rings. The van der Waals surface area contributed by atoms with Crippen molar-refractivity contribution >= 4 is 29.1 Å². The highest BCUT2D eigenvalue weighted by Gasteiger charge is 2.30. The van der Waals surface area contributed by atoms with Gasteiger partial charge in [0.25, 0.3) is 5.91 Å². The van der Waals surface area contributed by atoms with Crippen molar-refractivity contribution in [3.05, 3.63) is 64.9 Å². The van der Waals surface area contributed by atoms with Crippen LogP contribution >= 0.6 is 11.6 Å². The highest BCUT2D eigenvalue weighted by Crippen LogP contribution is 2.25. The third kappa shape index (κ3) is 3.74. The number of carbonyl (C=O) groups excluding carboxylic acids is 2. The first-order valence-corrected chi connectivity index (χ1v) is 8.00. The maximum absolute atomic E-state index is 13.0. The minimum atomic E-state index is -0.337. The normalized spacial score (nSPS) is 17.2. The van der Waals surface area contributed by atoms with E-state index in [1.807, 2.05) is 0 Å². The van der Waals surface area contributed by atoms with Crippen LogP contribution in [0, 0.1) is 11.7 Å². The lowest BCUT2D eigenvalue weighted by molar-refractivity contribution is -0.117. The van der Waals surface area contributed by atoms with Gasteiger partial charge in [-0.05, 0) is 42.5 Å². The molecule has 1 unspecified atom stereocenters. The van der Waals surface area contributed by atoms with Crippen molar-refractivity contribution in [3.63, 3.8) is 0 Å². The van der Waals surface area contributed by atoms with Crippen LogP contribution in [0.4, 0.5) is 10.1 Å². The zero-order valence-electron chi connectivity index (χ0n) is 12.8. The van der Waals surface area contributed by atoms with E-state index in [0.717, 1.165) is 0 Å². The molecule has 1 aliphatic rings. The standard InChI is InChI=1S/C18H16ClFN2O2/c19-14-3-1-2-13(9-14)18(24)21-10-12-8-17(23)22(11-12)16-6-4-15(20)5-7-16/h1-7,9,12H,8,10-11H2,(H,21,24). The van der Waals surface area contributed by atoms with Gasteiger partial charge in [0.15, 0.2) is 0 Å². The molecule has 0 bridgehead atoms. The van der Waals surface area contributed by atoms with Crippen molar-refractivity contribution < 1.29 is 14.0 Å². The molecule has 1 saturated heterocycles. The number of hydrogen-bond acceptors (Lipinski definition) is 2. The van der Waals surface area contributed by atoms with Gasteiger partial charge in [-0.3, -0.25) is 9.59 Å². The molecule has 0 aromatic heterocycles. The van der Waals surface area contributed by atoms with Crippen LogP contribution < -0.4 is 10.2 Å². The molecule has 2 aromatic carbocycles. The average molecular weight is 347 g/mol. The molecule has 0 spiro atoms. The van der Waals surface area contributed by atoms with Crippen molar-refractivity contribution in [3.8, 4) is 0 Å². The second-order valence-electron chi connectivity index (χ2n) is 5.77. The van der Waals surface area contributed by atoms with Gasteiger partial charge in [0.05, 0.1) is 0 Å². The van der Waals surface area contributed by atoms with E-state index in [0.29, 0.717) is 35.8 Å². The molecule has 1 atom stereocenters. The molecule has 2 amide bonds. The molecular formula is C18H16ClFN2O2. The monoisotopic (exact) mass is 346 g/mol. The van der Waals surface area contributed by atoms with Crippen molar-refractivity contribution in [1.29, 1.82) is 0 Å². The minimum absolute atomic E-state index is 0.0192. The Hall–Kier alpha value is -2.40. The first-order chi connectivity index (χ1) is 11.5. The molecule has 0 saturated carbocycles. The summed E-state index contributed by atoms with van der Waals surface area (Å²) < 4.78 is 13.0. The predicted molar refractivity (Wildman–Crippen MR) is 90.6 cm³/mol. The highest BCUT2D eigenvalue weighted by molar-refractivity contribution is 6.30. The van der Waals surface area contributed by atoms with Crippen molar-refractivity contribution in [1.82, 2.24) is 5.32 Å². The Bertz CT molecular complexity index is 764. The van der Waals surface area contributed by atoms with Crippen LogP contribution in [-0.4, -0.2) is 24.9 Å². The fraction of sp³-hybridized carbons (Fsp3) is 0.222. The zero-order chi connectivity index (χ0) is 17.1. The smallest absolute Gasteiger partial charge is 0.251 e. The SMILES string of the molecule is O=C(NCC1CC(=O)N(c2ccc(F)cc2)C1)c1cccc(Cl)c1. The van der Waals surface area contributed by atoms with E-state index >= 15 is 0 Å². The van der Waals surface area contributed by atoms with Gasteiger partial charge in [0.2, 0.25) is 5.91 Å². The fourth-order valence-corrected chi connectivity index (χ4v) is 2.95. The Kier molecular flexibility index (Phi) is 4.81. The Balaban J connectivity index is 1.58. The van der Waals surface area contributed by atoms with Gasteiger partial charge < -0.3 is 10.2 Å². The number of nitrogens with one attached hydrogen (secondary N) is 1. The van der Waals surface area contributed by atoms with Crippen LogP contribution in [0.3, 0.4) is 0 Å². The number of anilines is 1. The van der Waals surface area contributed by atoms with E-state index in [-0.39, 0.29) is 23.5 Å². The van der Waals surface area contributed by atoms with Crippen molar-refractivity contribution in [2.45, 2.75) is 6.42 Å². The summed E-state index contributed by atoms with van der Waals surface area (Å²) in [4.78, 5) is 25.9. The lowest BCUT2D eigenvalue weighted by atomic mass is 10.1. The number of benzene rings is 2. The van der Waals surface area contributed by atoms with E-state index in [4.69, 9.17) is 11.6 Å². The van der Waals surface area contributed by atoms with Crippen LogP contribution in [0.2, 0.25) is 5.02 Å². The Morgan fingerprint density at radius 1 is 1.25 bits per heavy atom. The summed E-state index contributed by atoms with van der Waals surface area (Å²) in [7, 11) is 0. The Labute approximate surface area is 144 Å². The molecule has 24 heavy (non-hydrogen) atoms. The first-order valence-electron chi connectivity index (χ1n) is 7.62. The van der Waals surface area contributed by atoms with Gasteiger partial charge in [0.1, 0.15) is 5.82 Å². The predicted octanol–water partition coefficient (Wildman–Crippen LogP) is 3.26. The van der Waals surface area contributed by atoms with E-state index in [2.05, 4.69) is 5.32 Å². The van der Waals surface area contributed by atoms with Gasteiger partial charge >= 0.3 is 0 Å². The Morgan fingerprint density at radius 2 is 2.00 bits per heavy atom. The quantitative estimate of drug-likeness (QED) is 0.923. The summed E-state index contributed by atoms with van der Waals surface area (Å²) in [6, 6.07) is 12.5. The van der Waals surface area contributed by atoms with Crippen molar-refractivity contribution in [2.24, 2.45) is 5.92 Å². The second-order valence-corrected chi connectivity index (χ2v) is 6.21. The largest absolute Gasteiger partial charge is 0.352 e. The van der Waals surface area contributed by atoms with Crippen LogP contribution in [-0.2, 0) is 4.79 Å². The number of halogens is 2. The summed E-state index contributed by atoms with van der Waals surface area (Å²) in [5.74, 6) is -0.560. The third-order valence-corrected chi connectivity index (χ3v) is 4.22. The van der Waals surface area contributed by atoms with E-state index in [1.165, 1.54) is 12.1 Å². The molecule has 1 heterocycles. The molecule has 2 aromatic rings. The van der Waals surface area contributed by atoms with E-state index in [1.54, 1.807) is 41.3 Å². The summed E-state index contributed by atoms with van der Waals surface area (Å²) in [6.07, 6.45) is 0.354. The summed E-state index contributed by atoms with van der Waals surface area (Å²) in [6.45, 7) is 0.898. The van der Waals surface area contributed by atoms with Crippen LogP contribution in [0.5, 0.6) is 0 Å². The van der Waals surface area contributed by atoms with E-state index < -0.39 is 0 Å².